The molecule has 1 aromatic heterocycles. The van der Waals surface area contributed by atoms with Crippen LogP contribution in [0.5, 0.6) is 5.88 Å². The average Bonchev–Trinajstić information content (AvgIpc) is 2.37. The Balaban J connectivity index is 2.51. The Bertz CT molecular complexity index is 259. The zero-order valence-electron chi connectivity index (χ0n) is 6.65. The van der Waals surface area contributed by atoms with Crippen LogP contribution in [0.3, 0.4) is 0 Å². The van der Waals surface area contributed by atoms with Crippen LogP contribution in [0.15, 0.2) is 6.20 Å². The number of rotatable bonds is 4. The zero-order chi connectivity index (χ0) is 8.97. The van der Waals surface area contributed by atoms with Gasteiger partial charge < -0.3 is 9.84 Å². The number of aromatic hydroxyl groups is 1. The summed E-state index contributed by atoms with van der Waals surface area (Å²) in [6.07, 6.45) is 1.71. The summed E-state index contributed by atoms with van der Waals surface area (Å²) < 4.78 is 4.64. The van der Waals surface area contributed by atoms with Gasteiger partial charge >= 0.3 is 0 Å². The Hall–Kier alpha value is -1.52. The number of ether oxygens (including phenoxy) is 1. The van der Waals surface area contributed by atoms with E-state index in [1.54, 1.807) is 6.92 Å². The third-order valence-corrected chi connectivity index (χ3v) is 1.49. The lowest BCUT2D eigenvalue weighted by Gasteiger charge is -2.06. The van der Waals surface area contributed by atoms with E-state index in [-0.39, 0.29) is 12.0 Å². The number of carbonyl (C=O) groups is 1. The van der Waals surface area contributed by atoms with Gasteiger partial charge in [0.25, 0.3) is 6.47 Å². The fourth-order valence-electron chi connectivity index (χ4n) is 0.906. The molecule has 0 fully saturated rings. The van der Waals surface area contributed by atoms with Crippen molar-refractivity contribution in [2.75, 3.05) is 0 Å². The van der Waals surface area contributed by atoms with E-state index in [1.165, 1.54) is 6.20 Å². The van der Waals surface area contributed by atoms with Crippen molar-refractivity contribution in [3.63, 3.8) is 0 Å². The van der Waals surface area contributed by atoms with Gasteiger partial charge in [0, 0.05) is 12.0 Å². The standard InChI is InChI=1S/C7H10N2O3/c1-5(12-4-10)2-6-3-8-9-7(6)11/h3-5H,2H2,1H3,(H2,8,9,11). The van der Waals surface area contributed by atoms with Crippen LogP contribution in [-0.2, 0) is 16.0 Å². The fourth-order valence-corrected chi connectivity index (χ4v) is 0.906. The molecule has 0 spiro atoms. The highest BCUT2D eigenvalue weighted by atomic mass is 16.5. The van der Waals surface area contributed by atoms with Gasteiger partial charge in [0.1, 0.15) is 6.10 Å². The topological polar surface area (TPSA) is 75.2 Å². The van der Waals surface area contributed by atoms with Gasteiger partial charge in [-0.3, -0.25) is 4.79 Å². The molecule has 0 bridgehead atoms. The monoisotopic (exact) mass is 170 g/mol. The number of nitrogens with zero attached hydrogens (tertiary/aromatic N) is 1. The second-order valence-corrected chi connectivity index (χ2v) is 2.49. The average molecular weight is 170 g/mol. The Morgan fingerprint density at radius 2 is 2.67 bits per heavy atom. The van der Waals surface area contributed by atoms with Crippen molar-refractivity contribution in [2.45, 2.75) is 19.4 Å². The van der Waals surface area contributed by atoms with E-state index < -0.39 is 0 Å². The molecule has 1 atom stereocenters. The second-order valence-electron chi connectivity index (χ2n) is 2.49. The highest BCUT2D eigenvalue weighted by Crippen LogP contribution is 2.14. The Morgan fingerprint density at radius 1 is 1.92 bits per heavy atom. The van der Waals surface area contributed by atoms with Crippen molar-refractivity contribution in [1.82, 2.24) is 10.2 Å². The van der Waals surface area contributed by atoms with E-state index in [0.717, 1.165) is 0 Å². The number of H-pyrrole nitrogens is 1. The lowest BCUT2D eigenvalue weighted by molar-refractivity contribution is -0.132. The first-order chi connectivity index (χ1) is 5.74. The van der Waals surface area contributed by atoms with Crippen LogP contribution < -0.4 is 0 Å². The molecule has 12 heavy (non-hydrogen) atoms. The van der Waals surface area contributed by atoms with Crippen LogP contribution in [-0.4, -0.2) is 27.9 Å². The number of aromatic nitrogens is 2. The summed E-state index contributed by atoms with van der Waals surface area (Å²) in [6.45, 7) is 2.13. The van der Waals surface area contributed by atoms with Crippen LogP contribution in [0.1, 0.15) is 12.5 Å². The van der Waals surface area contributed by atoms with Gasteiger partial charge in [-0.2, -0.15) is 5.10 Å². The van der Waals surface area contributed by atoms with E-state index in [1.807, 2.05) is 0 Å². The van der Waals surface area contributed by atoms with E-state index in [4.69, 9.17) is 5.11 Å². The molecule has 1 heterocycles. The summed E-state index contributed by atoms with van der Waals surface area (Å²) in [4.78, 5) is 9.92. The summed E-state index contributed by atoms with van der Waals surface area (Å²) in [5, 5.41) is 15.1. The number of hydrogen-bond donors (Lipinski definition) is 2. The van der Waals surface area contributed by atoms with Crippen molar-refractivity contribution < 1.29 is 14.6 Å². The number of aromatic amines is 1. The van der Waals surface area contributed by atoms with Gasteiger partial charge in [0.2, 0.25) is 5.88 Å². The Labute approximate surface area is 69.4 Å². The molecule has 0 amide bonds. The molecule has 1 unspecified atom stereocenters. The van der Waals surface area contributed by atoms with Gasteiger partial charge in [-0.25, -0.2) is 5.10 Å². The van der Waals surface area contributed by atoms with E-state index in [9.17, 15) is 4.79 Å². The number of nitrogens with one attached hydrogen (secondary N) is 1. The van der Waals surface area contributed by atoms with Crippen LogP contribution in [0.4, 0.5) is 0 Å². The maximum absolute atomic E-state index is 9.92. The largest absolute Gasteiger partial charge is 0.493 e. The van der Waals surface area contributed by atoms with Crippen LogP contribution in [0.2, 0.25) is 0 Å². The Morgan fingerprint density at radius 3 is 3.17 bits per heavy atom. The Kier molecular flexibility index (Phi) is 2.68. The predicted octanol–water partition coefficient (Wildman–Crippen LogP) is 0.219. The van der Waals surface area contributed by atoms with Crippen molar-refractivity contribution >= 4 is 6.47 Å². The SMILES string of the molecule is CC(Cc1cn[nH]c1O)OC=O. The highest BCUT2D eigenvalue weighted by Gasteiger charge is 2.08. The predicted molar refractivity (Wildman–Crippen MR) is 40.6 cm³/mol. The first-order valence-corrected chi connectivity index (χ1v) is 3.54. The second kappa shape index (κ2) is 3.75. The molecule has 5 nitrogen and oxygen atoms in total. The van der Waals surface area contributed by atoms with Crippen molar-refractivity contribution in [3.8, 4) is 5.88 Å². The van der Waals surface area contributed by atoms with E-state index in [0.29, 0.717) is 18.5 Å². The molecule has 1 aromatic rings. The molecule has 2 N–H and O–H groups in total. The number of carbonyl (C=O) groups excluding carboxylic acids is 1. The summed E-state index contributed by atoms with van der Waals surface area (Å²) >= 11 is 0. The fraction of sp³-hybridized carbons (Fsp3) is 0.429. The maximum Gasteiger partial charge on any atom is 0.293 e. The first-order valence-electron chi connectivity index (χ1n) is 3.54. The molecule has 5 heteroatoms. The van der Waals surface area contributed by atoms with Gasteiger partial charge in [-0.15, -0.1) is 0 Å². The van der Waals surface area contributed by atoms with Crippen molar-refractivity contribution in [2.24, 2.45) is 0 Å². The van der Waals surface area contributed by atoms with Gasteiger partial charge in [-0.1, -0.05) is 0 Å². The van der Waals surface area contributed by atoms with Gasteiger partial charge in [0.05, 0.1) is 6.20 Å². The maximum atomic E-state index is 9.92. The minimum atomic E-state index is -0.244. The summed E-state index contributed by atoms with van der Waals surface area (Å²) in [6, 6.07) is 0. The van der Waals surface area contributed by atoms with Crippen molar-refractivity contribution in [1.29, 1.82) is 0 Å². The molecule has 0 aromatic carbocycles. The van der Waals surface area contributed by atoms with Gasteiger partial charge in [-0.05, 0) is 6.92 Å². The van der Waals surface area contributed by atoms with Crippen LogP contribution in [0.25, 0.3) is 0 Å². The smallest absolute Gasteiger partial charge is 0.293 e. The molecular weight excluding hydrogens is 160 g/mol. The third kappa shape index (κ3) is 1.98. The lowest BCUT2D eigenvalue weighted by Crippen LogP contribution is -2.09. The molecule has 66 valence electrons. The first kappa shape index (κ1) is 8.58. The molecule has 0 aliphatic carbocycles. The van der Waals surface area contributed by atoms with E-state index in [2.05, 4.69) is 14.9 Å². The lowest BCUT2D eigenvalue weighted by atomic mass is 10.2. The molecule has 0 aliphatic rings. The van der Waals surface area contributed by atoms with E-state index >= 15 is 0 Å². The molecule has 1 rings (SSSR count). The third-order valence-electron chi connectivity index (χ3n) is 1.49. The van der Waals surface area contributed by atoms with Crippen LogP contribution in [0, 0.1) is 0 Å². The molecular formula is C7H10N2O3. The zero-order valence-corrected chi connectivity index (χ0v) is 6.65. The van der Waals surface area contributed by atoms with Crippen LogP contribution >= 0.6 is 0 Å². The normalized spacial score (nSPS) is 12.4. The summed E-state index contributed by atoms with van der Waals surface area (Å²) in [5.41, 5.74) is 0.643. The number of hydrogen-bond acceptors (Lipinski definition) is 4. The molecule has 0 aliphatic heterocycles. The summed E-state index contributed by atoms with van der Waals surface area (Å²) in [5.74, 6) is 0.0244. The minimum Gasteiger partial charge on any atom is -0.493 e. The quantitative estimate of drug-likeness (QED) is 0.634. The van der Waals surface area contributed by atoms with Gasteiger partial charge in [0.15, 0.2) is 0 Å². The molecule has 0 radical (unpaired) electrons. The minimum absolute atomic E-state index is 0.0244. The summed E-state index contributed by atoms with van der Waals surface area (Å²) in [7, 11) is 0. The van der Waals surface area contributed by atoms with Crippen molar-refractivity contribution in [3.05, 3.63) is 11.8 Å². The molecule has 0 saturated carbocycles. The highest BCUT2D eigenvalue weighted by molar-refractivity contribution is 5.37. The molecule has 0 saturated heterocycles.